The third-order valence-corrected chi connectivity index (χ3v) is 2.54. The zero-order valence-corrected chi connectivity index (χ0v) is 7.88. The van der Waals surface area contributed by atoms with E-state index in [9.17, 15) is 0 Å². The van der Waals surface area contributed by atoms with Gasteiger partial charge < -0.3 is 0 Å². The molecule has 2 rings (SSSR count). The molecule has 0 bridgehead atoms. The van der Waals surface area contributed by atoms with Gasteiger partial charge in [0.1, 0.15) is 0 Å². The summed E-state index contributed by atoms with van der Waals surface area (Å²) in [6.07, 6.45) is 1.91. The number of fused-ring (bicyclic) bond motifs is 1. The lowest BCUT2D eigenvalue weighted by atomic mass is 10.1. The first-order chi connectivity index (χ1) is 6.35. The van der Waals surface area contributed by atoms with Gasteiger partial charge in [0.2, 0.25) is 0 Å². The Morgan fingerprint density at radius 2 is 2.23 bits per heavy atom. The molecule has 1 aliphatic rings. The molecule has 0 saturated heterocycles. The monoisotopic (exact) mass is 188 g/mol. The van der Waals surface area contributed by atoms with Crippen LogP contribution in [0.4, 0.5) is 0 Å². The molecule has 1 aliphatic carbocycles. The number of hydrogen-bond acceptors (Lipinski definition) is 3. The van der Waals surface area contributed by atoms with Crippen molar-refractivity contribution in [2.75, 3.05) is 0 Å². The topological polar surface area (TPSA) is 36.1 Å². The van der Waals surface area contributed by atoms with E-state index in [4.69, 9.17) is 5.26 Å². The van der Waals surface area contributed by atoms with Crippen molar-refractivity contribution in [1.29, 1.82) is 5.26 Å². The molecule has 0 radical (unpaired) electrons. The molecule has 0 fully saturated rings. The van der Waals surface area contributed by atoms with Crippen LogP contribution in [0.5, 0.6) is 0 Å². The fourth-order valence-electron chi connectivity index (χ4n) is 1.64. The molecular formula is C10H8N2S. The molecule has 1 aromatic carbocycles. The molecule has 0 unspecified atom stereocenters. The van der Waals surface area contributed by atoms with Gasteiger partial charge in [0.05, 0.1) is 17.3 Å². The van der Waals surface area contributed by atoms with Crippen molar-refractivity contribution >= 4 is 18.5 Å². The Hall–Kier alpha value is -1.27. The van der Waals surface area contributed by atoms with E-state index in [0.29, 0.717) is 0 Å². The van der Waals surface area contributed by atoms with Gasteiger partial charge in [-0.3, -0.25) is 0 Å². The highest BCUT2D eigenvalue weighted by Crippen LogP contribution is 2.23. The highest BCUT2D eigenvalue weighted by molar-refractivity contribution is 7.79. The first-order valence-electron chi connectivity index (χ1n) is 4.09. The third kappa shape index (κ3) is 1.34. The molecule has 0 spiro atoms. The van der Waals surface area contributed by atoms with Crippen molar-refractivity contribution < 1.29 is 0 Å². The molecule has 0 heterocycles. The number of nitriles is 1. The molecule has 64 valence electrons. The number of aryl methyl sites for hydroxylation is 1. The second kappa shape index (κ2) is 3.23. The van der Waals surface area contributed by atoms with Crippen LogP contribution in [0, 0.1) is 11.3 Å². The number of nitrogens with zero attached hydrogens (tertiary/aromatic N) is 2. The van der Waals surface area contributed by atoms with Crippen LogP contribution < -0.4 is 0 Å². The number of hydrogen-bond donors (Lipinski definition) is 1. The number of thiol groups is 1. The van der Waals surface area contributed by atoms with E-state index in [-0.39, 0.29) is 0 Å². The van der Waals surface area contributed by atoms with Gasteiger partial charge in [0.25, 0.3) is 0 Å². The van der Waals surface area contributed by atoms with Crippen LogP contribution in [0.3, 0.4) is 0 Å². The fraction of sp³-hybridized carbons (Fsp3) is 0.200. The molecule has 2 nitrogen and oxygen atoms in total. The molecule has 3 heteroatoms. The summed E-state index contributed by atoms with van der Waals surface area (Å²) in [6, 6.07) is 7.84. The largest absolute Gasteiger partial charge is 0.224 e. The lowest BCUT2D eigenvalue weighted by Crippen LogP contribution is -1.92. The van der Waals surface area contributed by atoms with Gasteiger partial charge in [-0.05, 0) is 48.9 Å². The van der Waals surface area contributed by atoms with Gasteiger partial charge in [0.15, 0.2) is 0 Å². The average Bonchev–Trinajstić information content (AvgIpc) is 2.59. The van der Waals surface area contributed by atoms with Gasteiger partial charge >= 0.3 is 0 Å². The second-order valence-electron chi connectivity index (χ2n) is 3.03. The molecule has 0 saturated carbocycles. The molecule has 13 heavy (non-hydrogen) atoms. The maximum Gasteiger partial charge on any atom is 0.0991 e. The Morgan fingerprint density at radius 3 is 2.92 bits per heavy atom. The van der Waals surface area contributed by atoms with Crippen LogP contribution in [-0.2, 0) is 6.42 Å². The maximum absolute atomic E-state index is 8.70. The number of benzene rings is 1. The summed E-state index contributed by atoms with van der Waals surface area (Å²) in [5.74, 6) is 0. The summed E-state index contributed by atoms with van der Waals surface area (Å²) in [4.78, 5) is 0. The standard InChI is InChI=1S/C10H8N2S/c11-6-7-1-3-9-8(5-7)2-4-10(9)12-13/h1,3,5,13H,2,4H2/b12-10+. The SMILES string of the molecule is N#Cc1ccc2c(c1)CC/C2=N\S. The maximum atomic E-state index is 8.70. The van der Waals surface area contributed by atoms with Crippen LogP contribution in [0.2, 0.25) is 0 Å². The van der Waals surface area contributed by atoms with Crippen LogP contribution in [0.25, 0.3) is 0 Å². The predicted molar refractivity (Wildman–Crippen MR) is 55.0 cm³/mol. The molecule has 0 aromatic heterocycles. The molecular weight excluding hydrogens is 180 g/mol. The fourth-order valence-corrected chi connectivity index (χ4v) is 1.85. The van der Waals surface area contributed by atoms with Crippen molar-refractivity contribution in [3.05, 3.63) is 34.9 Å². The summed E-state index contributed by atoms with van der Waals surface area (Å²) in [6.45, 7) is 0. The van der Waals surface area contributed by atoms with Gasteiger partial charge in [-0.25, -0.2) is 4.40 Å². The Kier molecular flexibility index (Phi) is 2.07. The van der Waals surface area contributed by atoms with E-state index in [2.05, 4.69) is 23.3 Å². The van der Waals surface area contributed by atoms with Crippen LogP contribution >= 0.6 is 12.8 Å². The Labute approximate surface area is 82.5 Å². The zero-order chi connectivity index (χ0) is 9.26. The molecule has 0 amide bonds. The van der Waals surface area contributed by atoms with Gasteiger partial charge in [-0.15, -0.1) is 0 Å². The summed E-state index contributed by atoms with van der Waals surface area (Å²) in [7, 11) is 0. The average molecular weight is 188 g/mol. The van der Waals surface area contributed by atoms with Crippen molar-refractivity contribution in [2.45, 2.75) is 12.8 Å². The molecule has 1 aromatic rings. The smallest absolute Gasteiger partial charge is 0.0991 e. The normalized spacial score (nSPS) is 17.1. The van der Waals surface area contributed by atoms with Gasteiger partial charge in [-0.1, -0.05) is 6.07 Å². The van der Waals surface area contributed by atoms with Crippen molar-refractivity contribution in [3.63, 3.8) is 0 Å². The van der Waals surface area contributed by atoms with Crippen LogP contribution in [-0.4, -0.2) is 5.71 Å². The Morgan fingerprint density at radius 1 is 1.38 bits per heavy atom. The quantitative estimate of drug-likeness (QED) is 0.622. The predicted octanol–water partition coefficient (Wildman–Crippen LogP) is 2.14. The minimum absolute atomic E-state index is 0.721. The van der Waals surface area contributed by atoms with Gasteiger partial charge in [0, 0.05) is 0 Å². The third-order valence-electron chi connectivity index (χ3n) is 2.30. The summed E-state index contributed by atoms with van der Waals surface area (Å²) < 4.78 is 3.91. The van der Waals surface area contributed by atoms with Crippen molar-refractivity contribution in [1.82, 2.24) is 0 Å². The summed E-state index contributed by atoms with van der Waals surface area (Å²) in [5, 5.41) is 8.70. The van der Waals surface area contributed by atoms with E-state index in [1.165, 1.54) is 5.56 Å². The van der Waals surface area contributed by atoms with Crippen molar-refractivity contribution in [2.24, 2.45) is 4.40 Å². The van der Waals surface area contributed by atoms with E-state index in [0.717, 1.165) is 29.7 Å². The minimum atomic E-state index is 0.721. The highest BCUT2D eigenvalue weighted by atomic mass is 32.1. The number of rotatable bonds is 0. The summed E-state index contributed by atoms with van der Waals surface area (Å²) >= 11 is 3.91. The summed E-state index contributed by atoms with van der Waals surface area (Å²) in [5.41, 5.74) is 4.11. The minimum Gasteiger partial charge on any atom is -0.224 e. The lowest BCUT2D eigenvalue weighted by molar-refractivity contribution is 1.09. The molecule has 0 atom stereocenters. The second-order valence-corrected chi connectivity index (χ2v) is 3.23. The van der Waals surface area contributed by atoms with Crippen LogP contribution in [0.15, 0.2) is 22.6 Å². The first-order valence-corrected chi connectivity index (χ1v) is 4.49. The Bertz CT molecular complexity index is 415. The highest BCUT2D eigenvalue weighted by Gasteiger charge is 2.17. The van der Waals surface area contributed by atoms with E-state index in [1.54, 1.807) is 0 Å². The van der Waals surface area contributed by atoms with E-state index < -0.39 is 0 Å². The van der Waals surface area contributed by atoms with Crippen LogP contribution in [0.1, 0.15) is 23.1 Å². The van der Waals surface area contributed by atoms with E-state index >= 15 is 0 Å². The zero-order valence-electron chi connectivity index (χ0n) is 6.99. The van der Waals surface area contributed by atoms with Crippen molar-refractivity contribution in [3.8, 4) is 6.07 Å². The Balaban J connectivity index is 2.54. The first kappa shape index (κ1) is 8.33. The molecule has 0 aliphatic heterocycles. The van der Waals surface area contributed by atoms with E-state index in [1.807, 2.05) is 18.2 Å². The lowest BCUT2D eigenvalue weighted by Gasteiger charge is -1.98. The van der Waals surface area contributed by atoms with Gasteiger partial charge in [-0.2, -0.15) is 5.26 Å². The molecule has 0 N–H and O–H groups in total.